The van der Waals surface area contributed by atoms with Crippen molar-refractivity contribution in [3.8, 4) is 0 Å². The van der Waals surface area contributed by atoms with Crippen LogP contribution in [0.2, 0.25) is 0 Å². The first-order valence-corrected chi connectivity index (χ1v) is 3.64. The molecule has 0 saturated heterocycles. The summed E-state index contributed by atoms with van der Waals surface area (Å²) in [5.74, 6) is -2.05. The van der Waals surface area contributed by atoms with E-state index in [0.29, 0.717) is 5.76 Å². The summed E-state index contributed by atoms with van der Waals surface area (Å²) in [4.78, 5) is 21.7. The Labute approximate surface area is 69.8 Å². The molecule has 1 aliphatic rings. The molecule has 1 heterocycles. The third-order valence-electron chi connectivity index (χ3n) is 1.74. The number of carboxylic acid groups (broad SMARTS) is 1. The lowest BCUT2D eigenvalue weighted by Gasteiger charge is -2.22. The molecule has 66 valence electrons. The van der Waals surface area contributed by atoms with E-state index in [0.717, 1.165) is 0 Å². The van der Waals surface area contributed by atoms with Gasteiger partial charge in [0.2, 0.25) is 0 Å². The van der Waals surface area contributed by atoms with Gasteiger partial charge in [0.15, 0.2) is 11.9 Å². The van der Waals surface area contributed by atoms with Crippen molar-refractivity contribution in [2.75, 3.05) is 0 Å². The number of carbonyl (C=O) groups is 2. The standard InChI is InChI=1S/C8H10O4/c1-4-3-6(8(10)11)7(9)5(2)12-4/h3,5-6H,1-2H3,(H,10,11). The SMILES string of the molecule is CC1=CC(C(=O)O)C(=O)C(C)O1. The highest BCUT2D eigenvalue weighted by Crippen LogP contribution is 2.18. The predicted molar refractivity (Wildman–Crippen MR) is 40.4 cm³/mol. The van der Waals surface area contributed by atoms with Gasteiger partial charge in [-0.25, -0.2) is 0 Å². The largest absolute Gasteiger partial charge is 0.488 e. The molecule has 0 aromatic carbocycles. The Morgan fingerprint density at radius 3 is 2.75 bits per heavy atom. The molecule has 4 nitrogen and oxygen atoms in total. The average Bonchev–Trinajstić information content (AvgIpc) is 1.96. The van der Waals surface area contributed by atoms with Crippen molar-refractivity contribution in [3.05, 3.63) is 11.8 Å². The van der Waals surface area contributed by atoms with Crippen LogP contribution in [-0.2, 0) is 14.3 Å². The Morgan fingerprint density at radius 1 is 1.67 bits per heavy atom. The van der Waals surface area contributed by atoms with Gasteiger partial charge in [0.25, 0.3) is 0 Å². The van der Waals surface area contributed by atoms with Crippen molar-refractivity contribution in [1.82, 2.24) is 0 Å². The van der Waals surface area contributed by atoms with Gasteiger partial charge in [-0.15, -0.1) is 0 Å². The number of hydrogen-bond acceptors (Lipinski definition) is 3. The highest BCUT2D eigenvalue weighted by molar-refractivity contribution is 6.02. The van der Waals surface area contributed by atoms with Crippen LogP contribution in [0.15, 0.2) is 11.8 Å². The third kappa shape index (κ3) is 1.47. The van der Waals surface area contributed by atoms with E-state index in [4.69, 9.17) is 9.84 Å². The molecule has 0 bridgehead atoms. The van der Waals surface area contributed by atoms with Crippen LogP contribution in [-0.4, -0.2) is 23.0 Å². The van der Waals surface area contributed by atoms with E-state index in [1.165, 1.54) is 6.08 Å². The molecule has 12 heavy (non-hydrogen) atoms. The summed E-state index contributed by atoms with van der Waals surface area (Å²) >= 11 is 0. The molecule has 0 aliphatic carbocycles. The zero-order chi connectivity index (χ0) is 9.30. The maximum absolute atomic E-state index is 11.2. The Kier molecular flexibility index (Phi) is 2.17. The summed E-state index contributed by atoms with van der Waals surface area (Å²) in [5, 5.41) is 8.62. The second kappa shape index (κ2) is 2.97. The summed E-state index contributed by atoms with van der Waals surface area (Å²) in [6.45, 7) is 3.19. The fourth-order valence-corrected chi connectivity index (χ4v) is 1.14. The molecular formula is C8H10O4. The van der Waals surface area contributed by atoms with Crippen LogP contribution in [0, 0.1) is 5.92 Å². The lowest BCUT2D eigenvalue weighted by Crippen LogP contribution is -2.35. The molecule has 0 amide bonds. The highest BCUT2D eigenvalue weighted by atomic mass is 16.5. The topological polar surface area (TPSA) is 63.6 Å². The van der Waals surface area contributed by atoms with Crippen LogP contribution in [0.5, 0.6) is 0 Å². The lowest BCUT2D eigenvalue weighted by atomic mass is 9.97. The minimum absolute atomic E-state index is 0.395. The van der Waals surface area contributed by atoms with E-state index >= 15 is 0 Å². The van der Waals surface area contributed by atoms with Crippen molar-refractivity contribution < 1.29 is 19.4 Å². The Bertz CT molecular complexity index is 254. The number of rotatable bonds is 1. The first kappa shape index (κ1) is 8.77. The molecule has 1 aliphatic heterocycles. The fourth-order valence-electron chi connectivity index (χ4n) is 1.14. The zero-order valence-electron chi connectivity index (χ0n) is 6.90. The number of carboxylic acids is 1. The molecule has 0 radical (unpaired) electrons. The highest BCUT2D eigenvalue weighted by Gasteiger charge is 2.33. The monoisotopic (exact) mass is 170 g/mol. The minimum atomic E-state index is -1.12. The molecule has 2 atom stereocenters. The number of Topliss-reactive ketones (excluding diaryl/α,β-unsaturated/α-hetero) is 1. The number of carbonyl (C=O) groups excluding carboxylic acids is 1. The van der Waals surface area contributed by atoms with E-state index in [9.17, 15) is 9.59 Å². The second-order valence-electron chi connectivity index (χ2n) is 2.76. The normalized spacial score (nSPS) is 29.2. The van der Waals surface area contributed by atoms with Gasteiger partial charge in [-0.05, 0) is 19.9 Å². The van der Waals surface area contributed by atoms with Crippen LogP contribution in [0.25, 0.3) is 0 Å². The van der Waals surface area contributed by atoms with E-state index in [2.05, 4.69) is 0 Å². The number of ketones is 1. The Balaban J connectivity index is 2.92. The summed E-state index contributed by atoms with van der Waals surface area (Å²) in [5.41, 5.74) is 0. The van der Waals surface area contributed by atoms with Crippen molar-refractivity contribution in [2.45, 2.75) is 20.0 Å². The van der Waals surface area contributed by atoms with Crippen LogP contribution < -0.4 is 0 Å². The fraction of sp³-hybridized carbons (Fsp3) is 0.500. The summed E-state index contributed by atoms with van der Waals surface area (Å²) in [6.07, 6.45) is 0.682. The van der Waals surface area contributed by atoms with Gasteiger partial charge in [-0.1, -0.05) is 0 Å². The van der Waals surface area contributed by atoms with Gasteiger partial charge in [0.05, 0.1) is 5.76 Å². The van der Waals surface area contributed by atoms with Crippen LogP contribution >= 0.6 is 0 Å². The van der Waals surface area contributed by atoms with Gasteiger partial charge in [0.1, 0.15) is 5.92 Å². The van der Waals surface area contributed by atoms with Crippen molar-refractivity contribution in [1.29, 1.82) is 0 Å². The summed E-state index contributed by atoms with van der Waals surface area (Å²) < 4.78 is 5.03. The van der Waals surface area contributed by atoms with Crippen molar-refractivity contribution >= 4 is 11.8 Å². The number of aliphatic carboxylic acids is 1. The van der Waals surface area contributed by atoms with Gasteiger partial charge >= 0.3 is 5.97 Å². The lowest BCUT2D eigenvalue weighted by molar-refractivity contribution is -0.148. The van der Waals surface area contributed by atoms with E-state index in [1.807, 2.05) is 0 Å². The predicted octanol–water partition coefficient (Wildman–Crippen LogP) is 0.579. The molecule has 4 heteroatoms. The van der Waals surface area contributed by atoms with E-state index in [1.54, 1.807) is 13.8 Å². The van der Waals surface area contributed by atoms with Crippen molar-refractivity contribution in [3.63, 3.8) is 0 Å². The summed E-state index contributed by atoms with van der Waals surface area (Å²) in [6, 6.07) is 0. The Hall–Kier alpha value is -1.32. The Morgan fingerprint density at radius 2 is 2.25 bits per heavy atom. The number of ether oxygens (including phenoxy) is 1. The van der Waals surface area contributed by atoms with Crippen LogP contribution in [0.4, 0.5) is 0 Å². The molecule has 0 aromatic heterocycles. The average molecular weight is 170 g/mol. The molecule has 0 fully saturated rings. The summed E-state index contributed by atoms with van der Waals surface area (Å²) in [7, 11) is 0. The number of allylic oxidation sites excluding steroid dienone is 1. The molecule has 2 unspecified atom stereocenters. The van der Waals surface area contributed by atoms with Gasteiger partial charge in [-0.3, -0.25) is 9.59 Å². The maximum atomic E-state index is 11.2. The first-order chi connectivity index (χ1) is 5.52. The van der Waals surface area contributed by atoms with Crippen LogP contribution in [0.1, 0.15) is 13.8 Å². The molecule has 0 aromatic rings. The molecule has 0 saturated carbocycles. The molecule has 0 spiro atoms. The van der Waals surface area contributed by atoms with Gasteiger partial charge < -0.3 is 9.84 Å². The van der Waals surface area contributed by atoms with Gasteiger partial charge in [-0.2, -0.15) is 0 Å². The third-order valence-corrected chi connectivity index (χ3v) is 1.74. The quantitative estimate of drug-likeness (QED) is 0.584. The number of hydrogen-bond donors (Lipinski definition) is 1. The first-order valence-electron chi connectivity index (χ1n) is 3.64. The van der Waals surface area contributed by atoms with Crippen LogP contribution in [0.3, 0.4) is 0 Å². The molecular weight excluding hydrogens is 160 g/mol. The minimum Gasteiger partial charge on any atom is -0.488 e. The molecule has 1 rings (SSSR count). The zero-order valence-corrected chi connectivity index (χ0v) is 6.90. The van der Waals surface area contributed by atoms with Gasteiger partial charge in [0, 0.05) is 0 Å². The van der Waals surface area contributed by atoms with Crippen molar-refractivity contribution in [2.24, 2.45) is 5.92 Å². The maximum Gasteiger partial charge on any atom is 0.318 e. The van der Waals surface area contributed by atoms with E-state index in [-0.39, 0.29) is 0 Å². The second-order valence-corrected chi connectivity index (χ2v) is 2.76. The smallest absolute Gasteiger partial charge is 0.318 e. The van der Waals surface area contributed by atoms with E-state index < -0.39 is 23.8 Å². The molecule has 1 N–H and O–H groups in total.